The highest BCUT2D eigenvalue weighted by Crippen LogP contribution is 2.23. The first-order chi connectivity index (χ1) is 13.3. The summed E-state index contributed by atoms with van der Waals surface area (Å²) in [6, 6.07) is 14.7. The van der Waals surface area contributed by atoms with Gasteiger partial charge in [0.2, 0.25) is 5.91 Å². The molecular formula is C22H25NO5. The quantitative estimate of drug-likeness (QED) is 0.709. The number of nitrogens with one attached hydrogen (secondary N) is 1. The molecule has 28 heavy (non-hydrogen) atoms. The van der Waals surface area contributed by atoms with Crippen molar-refractivity contribution in [2.45, 2.75) is 33.1 Å². The van der Waals surface area contributed by atoms with Crippen LogP contribution in [0, 0.1) is 6.92 Å². The average molecular weight is 383 g/mol. The predicted molar refractivity (Wildman–Crippen MR) is 105 cm³/mol. The molecule has 0 saturated carbocycles. The lowest BCUT2D eigenvalue weighted by atomic mass is 9.98. The van der Waals surface area contributed by atoms with Crippen molar-refractivity contribution < 1.29 is 23.9 Å². The molecule has 0 aliphatic rings. The van der Waals surface area contributed by atoms with E-state index in [-0.39, 0.29) is 13.0 Å². The third-order valence-electron chi connectivity index (χ3n) is 4.07. The Morgan fingerprint density at radius 1 is 0.964 bits per heavy atom. The number of hydrogen-bond donors (Lipinski definition) is 1. The number of amides is 2. The number of aryl methyl sites for hydroxylation is 1. The van der Waals surface area contributed by atoms with E-state index in [0.717, 1.165) is 11.1 Å². The first-order valence-electron chi connectivity index (χ1n) is 9.10. The number of carbonyl (C=O) groups excluding carboxylic acids is 3. The molecule has 0 aliphatic heterocycles. The van der Waals surface area contributed by atoms with Crippen LogP contribution in [0.15, 0.2) is 48.5 Å². The van der Waals surface area contributed by atoms with E-state index in [4.69, 9.17) is 9.47 Å². The molecule has 0 fully saturated rings. The molecule has 2 amide bonds. The molecule has 0 heterocycles. The molecule has 148 valence electrons. The number of esters is 1. The Balaban J connectivity index is 1.71. The molecule has 1 N–H and O–H groups in total. The minimum atomic E-state index is -0.684. The standard InChI is InChI=1S/C22H25NO5/c1-15(2)19-10-9-18(11-16(19)3)27-14-22(26)28-13-21(25)23-20(24)12-17-7-5-4-6-8-17/h4-11,15H,12-14H2,1-3H3,(H,23,24,25). The van der Waals surface area contributed by atoms with Crippen molar-refractivity contribution in [3.8, 4) is 5.75 Å². The molecule has 0 aromatic heterocycles. The molecule has 2 aromatic rings. The minimum absolute atomic E-state index is 0.0787. The Morgan fingerprint density at radius 3 is 2.32 bits per heavy atom. The van der Waals surface area contributed by atoms with Crippen LogP contribution in [0.5, 0.6) is 5.75 Å². The fourth-order valence-electron chi connectivity index (χ4n) is 2.73. The van der Waals surface area contributed by atoms with Gasteiger partial charge in [0.15, 0.2) is 13.2 Å². The summed E-state index contributed by atoms with van der Waals surface area (Å²) in [5.41, 5.74) is 3.08. The van der Waals surface area contributed by atoms with E-state index in [1.54, 1.807) is 18.2 Å². The van der Waals surface area contributed by atoms with Gasteiger partial charge in [0, 0.05) is 0 Å². The summed E-state index contributed by atoms with van der Waals surface area (Å²) in [6.45, 7) is 5.35. The second kappa shape index (κ2) is 10.3. The van der Waals surface area contributed by atoms with Crippen LogP contribution in [-0.4, -0.2) is 31.0 Å². The van der Waals surface area contributed by atoms with E-state index in [1.807, 2.05) is 37.3 Å². The van der Waals surface area contributed by atoms with Crippen LogP contribution in [0.25, 0.3) is 0 Å². The van der Waals surface area contributed by atoms with Crippen molar-refractivity contribution in [2.75, 3.05) is 13.2 Å². The molecule has 0 radical (unpaired) electrons. The van der Waals surface area contributed by atoms with Crippen LogP contribution < -0.4 is 10.1 Å². The van der Waals surface area contributed by atoms with Gasteiger partial charge in [0.25, 0.3) is 5.91 Å². The fraction of sp³-hybridized carbons (Fsp3) is 0.318. The predicted octanol–water partition coefficient (Wildman–Crippen LogP) is 2.93. The topological polar surface area (TPSA) is 81.7 Å². The highest BCUT2D eigenvalue weighted by atomic mass is 16.6. The van der Waals surface area contributed by atoms with Gasteiger partial charge in [-0.2, -0.15) is 0 Å². The van der Waals surface area contributed by atoms with Gasteiger partial charge in [-0.15, -0.1) is 0 Å². The Morgan fingerprint density at radius 2 is 1.68 bits per heavy atom. The summed E-state index contributed by atoms with van der Waals surface area (Å²) in [5, 5.41) is 2.19. The summed E-state index contributed by atoms with van der Waals surface area (Å²) in [4.78, 5) is 35.3. The largest absolute Gasteiger partial charge is 0.482 e. The first kappa shape index (κ1) is 21.2. The molecule has 2 aromatic carbocycles. The van der Waals surface area contributed by atoms with Crippen molar-refractivity contribution in [1.82, 2.24) is 5.32 Å². The monoisotopic (exact) mass is 383 g/mol. The maximum atomic E-state index is 11.8. The summed E-state index contributed by atoms with van der Waals surface area (Å²) in [5.74, 6) is -0.852. The van der Waals surface area contributed by atoms with Crippen LogP contribution in [-0.2, 0) is 25.5 Å². The number of benzene rings is 2. The Hall–Kier alpha value is -3.15. The highest BCUT2D eigenvalue weighted by Gasteiger charge is 2.12. The van der Waals surface area contributed by atoms with E-state index in [9.17, 15) is 14.4 Å². The van der Waals surface area contributed by atoms with E-state index in [1.165, 1.54) is 5.56 Å². The molecule has 0 saturated heterocycles. The molecule has 2 rings (SSSR count). The summed E-state index contributed by atoms with van der Waals surface area (Å²) < 4.78 is 10.2. The molecule has 0 spiro atoms. The number of rotatable bonds is 8. The van der Waals surface area contributed by atoms with E-state index >= 15 is 0 Å². The Labute approximate surface area is 164 Å². The molecule has 6 nitrogen and oxygen atoms in total. The fourth-order valence-corrected chi connectivity index (χ4v) is 2.73. The summed E-state index contributed by atoms with van der Waals surface area (Å²) >= 11 is 0. The molecule has 0 unspecified atom stereocenters. The summed E-state index contributed by atoms with van der Waals surface area (Å²) in [7, 11) is 0. The van der Waals surface area contributed by atoms with Gasteiger partial charge in [0.05, 0.1) is 6.42 Å². The second-order valence-corrected chi connectivity index (χ2v) is 6.76. The van der Waals surface area contributed by atoms with Crippen LogP contribution >= 0.6 is 0 Å². The van der Waals surface area contributed by atoms with Gasteiger partial charge in [0.1, 0.15) is 5.75 Å². The van der Waals surface area contributed by atoms with Crippen LogP contribution in [0.3, 0.4) is 0 Å². The minimum Gasteiger partial charge on any atom is -0.482 e. The molecule has 0 bridgehead atoms. The Bertz CT molecular complexity index is 830. The van der Waals surface area contributed by atoms with E-state index < -0.39 is 24.4 Å². The Kier molecular flexibility index (Phi) is 7.75. The zero-order chi connectivity index (χ0) is 20.5. The smallest absolute Gasteiger partial charge is 0.344 e. The number of carbonyl (C=O) groups is 3. The first-order valence-corrected chi connectivity index (χ1v) is 9.10. The lowest BCUT2D eigenvalue weighted by Crippen LogP contribution is -2.35. The average Bonchev–Trinajstić information content (AvgIpc) is 2.65. The molecule has 0 atom stereocenters. The molecule has 0 aliphatic carbocycles. The maximum Gasteiger partial charge on any atom is 0.344 e. The van der Waals surface area contributed by atoms with Crippen molar-refractivity contribution in [3.05, 3.63) is 65.2 Å². The molecule has 6 heteroatoms. The van der Waals surface area contributed by atoms with Crippen molar-refractivity contribution in [1.29, 1.82) is 0 Å². The third-order valence-corrected chi connectivity index (χ3v) is 4.07. The maximum absolute atomic E-state index is 11.8. The van der Waals surface area contributed by atoms with Crippen molar-refractivity contribution in [2.24, 2.45) is 0 Å². The highest BCUT2D eigenvalue weighted by molar-refractivity contribution is 5.97. The van der Waals surface area contributed by atoms with Crippen molar-refractivity contribution >= 4 is 17.8 Å². The van der Waals surface area contributed by atoms with E-state index in [2.05, 4.69) is 19.2 Å². The number of ether oxygens (including phenoxy) is 2. The van der Waals surface area contributed by atoms with Gasteiger partial charge in [-0.3, -0.25) is 14.9 Å². The lowest BCUT2D eigenvalue weighted by molar-refractivity contribution is -0.151. The number of hydrogen-bond acceptors (Lipinski definition) is 5. The second-order valence-electron chi connectivity index (χ2n) is 6.76. The molecular weight excluding hydrogens is 358 g/mol. The van der Waals surface area contributed by atoms with Gasteiger partial charge in [-0.25, -0.2) is 4.79 Å². The van der Waals surface area contributed by atoms with Crippen LogP contribution in [0.1, 0.15) is 36.5 Å². The lowest BCUT2D eigenvalue weighted by Gasteiger charge is -2.12. The SMILES string of the molecule is Cc1cc(OCC(=O)OCC(=O)NC(=O)Cc2ccccc2)ccc1C(C)C. The zero-order valence-corrected chi connectivity index (χ0v) is 16.4. The van der Waals surface area contributed by atoms with Crippen molar-refractivity contribution in [3.63, 3.8) is 0 Å². The van der Waals surface area contributed by atoms with E-state index in [0.29, 0.717) is 11.7 Å². The number of imide groups is 1. The van der Waals surface area contributed by atoms with Gasteiger partial charge < -0.3 is 9.47 Å². The zero-order valence-electron chi connectivity index (χ0n) is 16.4. The van der Waals surface area contributed by atoms with Crippen LogP contribution in [0.4, 0.5) is 0 Å². The van der Waals surface area contributed by atoms with Gasteiger partial charge in [-0.1, -0.05) is 50.2 Å². The van der Waals surface area contributed by atoms with Crippen LogP contribution in [0.2, 0.25) is 0 Å². The third kappa shape index (κ3) is 6.87. The van der Waals surface area contributed by atoms with Gasteiger partial charge >= 0.3 is 5.97 Å². The normalized spacial score (nSPS) is 10.4. The van der Waals surface area contributed by atoms with Gasteiger partial charge in [-0.05, 0) is 41.7 Å². The summed E-state index contributed by atoms with van der Waals surface area (Å²) in [6.07, 6.45) is 0.0787.